The highest BCUT2D eigenvalue weighted by molar-refractivity contribution is 6.00. The maximum Gasteiger partial charge on any atom is 0.255 e. The smallest absolute Gasteiger partial charge is 0.255 e. The molecule has 0 saturated carbocycles. The molecule has 0 fully saturated rings. The third-order valence-electron chi connectivity index (χ3n) is 4.23. The Bertz CT molecular complexity index is 807. The summed E-state index contributed by atoms with van der Waals surface area (Å²) < 4.78 is 5.95. The molecule has 1 N–H and O–H groups in total. The second-order valence-corrected chi connectivity index (χ2v) is 5.64. The number of carbonyl (C=O) groups is 1. The lowest BCUT2D eigenvalue weighted by Crippen LogP contribution is -2.43. The van der Waals surface area contributed by atoms with Crippen molar-refractivity contribution in [3.8, 4) is 0 Å². The molecule has 2 aromatic carbocycles. The topological polar surface area (TPSA) is 38.3 Å². The van der Waals surface area contributed by atoms with Gasteiger partial charge in [-0.1, -0.05) is 29.8 Å². The molecule has 1 amide bonds. The highest BCUT2D eigenvalue weighted by Gasteiger charge is 2.48. The second kappa shape index (κ2) is 3.98. The van der Waals surface area contributed by atoms with Gasteiger partial charge >= 0.3 is 0 Å². The van der Waals surface area contributed by atoms with Gasteiger partial charge in [-0.05, 0) is 43.2 Å². The van der Waals surface area contributed by atoms with E-state index >= 15 is 0 Å². The van der Waals surface area contributed by atoms with Crippen LogP contribution >= 0.6 is 0 Å². The Labute approximate surface area is 123 Å². The predicted molar refractivity (Wildman–Crippen MR) is 80.7 cm³/mol. The molecular formula is C18H15NO2. The van der Waals surface area contributed by atoms with Crippen LogP contribution in [0.5, 0.6) is 0 Å². The molecule has 0 radical (unpaired) electrons. The molecule has 2 aliphatic heterocycles. The van der Waals surface area contributed by atoms with Gasteiger partial charge in [0.15, 0.2) is 0 Å². The molecule has 0 aliphatic carbocycles. The summed E-state index contributed by atoms with van der Waals surface area (Å²) >= 11 is 0. The zero-order valence-electron chi connectivity index (χ0n) is 11.9. The minimum absolute atomic E-state index is 0.0917. The number of nitrogens with one attached hydrogen (secondary N) is 1. The van der Waals surface area contributed by atoms with Gasteiger partial charge in [0.25, 0.3) is 5.91 Å². The average Bonchev–Trinajstić information content (AvgIpc) is 2.75. The molecule has 1 unspecified atom stereocenters. The number of hydrogen-bond acceptors (Lipinski definition) is 2. The number of ether oxygens (including phenoxy) is 1. The van der Waals surface area contributed by atoms with E-state index < -0.39 is 5.72 Å². The number of aryl methyl sites for hydroxylation is 2. The highest BCUT2D eigenvalue weighted by Crippen LogP contribution is 2.43. The maximum absolute atomic E-state index is 12.3. The first-order valence-corrected chi connectivity index (χ1v) is 7.00. The van der Waals surface area contributed by atoms with Crippen LogP contribution in [0.4, 0.5) is 0 Å². The lowest BCUT2D eigenvalue weighted by atomic mass is 9.86. The summed E-state index contributed by atoms with van der Waals surface area (Å²) in [6.45, 7) is 4.14. The summed E-state index contributed by atoms with van der Waals surface area (Å²) in [6.07, 6.45) is 3.63. The number of carbonyl (C=O) groups excluding carboxylic acids is 1. The van der Waals surface area contributed by atoms with E-state index in [1.54, 1.807) is 6.26 Å². The van der Waals surface area contributed by atoms with E-state index in [4.69, 9.17) is 4.74 Å². The molecule has 0 bridgehead atoms. The summed E-state index contributed by atoms with van der Waals surface area (Å²) in [6, 6.07) is 11.8. The van der Waals surface area contributed by atoms with Gasteiger partial charge in [-0.2, -0.15) is 0 Å². The van der Waals surface area contributed by atoms with E-state index in [9.17, 15) is 4.79 Å². The summed E-state index contributed by atoms with van der Waals surface area (Å²) in [7, 11) is 0. The summed E-state index contributed by atoms with van der Waals surface area (Å²) in [5.41, 5.74) is 5.12. The largest absolute Gasteiger partial charge is 0.467 e. The Hall–Kier alpha value is -2.55. The fourth-order valence-electron chi connectivity index (χ4n) is 3.35. The minimum atomic E-state index is -0.894. The van der Waals surface area contributed by atoms with Crippen LogP contribution in [0.2, 0.25) is 0 Å². The van der Waals surface area contributed by atoms with Gasteiger partial charge in [0.05, 0.1) is 6.26 Å². The fraction of sp³-hybridized carbons (Fsp3) is 0.167. The predicted octanol–water partition coefficient (Wildman–Crippen LogP) is 3.25. The van der Waals surface area contributed by atoms with Crippen molar-refractivity contribution in [3.05, 3.63) is 76.0 Å². The van der Waals surface area contributed by atoms with Crippen molar-refractivity contribution in [3.63, 3.8) is 0 Å². The van der Waals surface area contributed by atoms with Gasteiger partial charge in [-0.3, -0.25) is 4.79 Å². The van der Waals surface area contributed by atoms with Crippen LogP contribution in [-0.2, 0) is 10.5 Å². The van der Waals surface area contributed by atoms with Crippen molar-refractivity contribution in [2.24, 2.45) is 0 Å². The first-order chi connectivity index (χ1) is 10.1. The molecule has 2 aromatic rings. The van der Waals surface area contributed by atoms with Crippen molar-refractivity contribution in [2.75, 3.05) is 0 Å². The van der Waals surface area contributed by atoms with Gasteiger partial charge in [0.2, 0.25) is 5.72 Å². The number of fused-ring (bicyclic) bond motifs is 4. The molecule has 104 valence electrons. The van der Waals surface area contributed by atoms with Crippen LogP contribution in [0.3, 0.4) is 0 Å². The van der Waals surface area contributed by atoms with Crippen LogP contribution in [0.1, 0.15) is 38.2 Å². The maximum atomic E-state index is 12.3. The third-order valence-corrected chi connectivity index (χ3v) is 4.23. The molecule has 1 spiro atoms. The highest BCUT2D eigenvalue weighted by atomic mass is 16.5. The summed E-state index contributed by atoms with van der Waals surface area (Å²) in [5.74, 6) is -0.0917. The number of benzene rings is 2. The van der Waals surface area contributed by atoms with E-state index in [0.29, 0.717) is 5.56 Å². The zero-order valence-corrected chi connectivity index (χ0v) is 11.9. The molecular weight excluding hydrogens is 262 g/mol. The van der Waals surface area contributed by atoms with Crippen LogP contribution in [0.25, 0.3) is 6.08 Å². The van der Waals surface area contributed by atoms with Gasteiger partial charge in [0, 0.05) is 16.7 Å². The molecule has 21 heavy (non-hydrogen) atoms. The molecule has 4 rings (SSSR count). The van der Waals surface area contributed by atoms with Gasteiger partial charge in [0.1, 0.15) is 0 Å². The summed E-state index contributed by atoms with van der Waals surface area (Å²) in [5, 5.41) is 3.03. The standard InChI is InChI=1S/C18H15NO2/c1-11-9-12(2)13-7-8-21-18(16(13)10-11)15-6-4-3-5-14(15)17(20)19-18/h3-10H,1-2H3,(H,19,20). The molecule has 2 heterocycles. The third kappa shape index (κ3) is 1.51. The monoisotopic (exact) mass is 277 g/mol. The van der Waals surface area contributed by atoms with Crippen molar-refractivity contribution >= 4 is 12.0 Å². The Kier molecular flexibility index (Phi) is 2.31. The lowest BCUT2D eigenvalue weighted by molar-refractivity contribution is 0.0305. The molecule has 0 aromatic heterocycles. The van der Waals surface area contributed by atoms with E-state index in [2.05, 4.69) is 31.3 Å². The minimum Gasteiger partial charge on any atom is -0.467 e. The van der Waals surface area contributed by atoms with Gasteiger partial charge in [-0.25, -0.2) is 0 Å². The van der Waals surface area contributed by atoms with Gasteiger partial charge < -0.3 is 10.1 Å². The molecule has 3 heteroatoms. The molecule has 2 aliphatic rings. The Morgan fingerprint density at radius 1 is 1.10 bits per heavy atom. The Morgan fingerprint density at radius 2 is 1.90 bits per heavy atom. The molecule has 1 atom stereocenters. The summed E-state index contributed by atoms with van der Waals surface area (Å²) in [4.78, 5) is 12.3. The number of hydrogen-bond donors (Lipinski definition) is 1. The van der Waals surface area contributed by atoms with Crippen molar-refractivity contribution < 1.29 is 9.53 Å². The average molecular weight is 277 g/mol. The normalized spacial score (nSPS) is 21.7. The van der Waals surface area contributed by atoms with E-state index in [1.165, 1.54) is 5.56 Å². The van der Waals surface area contributed by atoms with Crippen LogP contribution in [0, 0.1) is 13.8 Å². The lowest BCUT2D eigenvalue weighted by Gasteiger charge is -2.34. The zero-order chi connectivity index (χ0) is 14.6. The van der Waals surface area contributed by atoms with E-state index in [1.807, 2.05) is 30.3 Å². The fourth-order valence-corrected chi connectivity index (χ4v) is 3.35. The van der Waals surface area contributed by atoms with Crippen LogP contribution in [0.15, 0.2) is 42.7 Å². The van der Waals surface area contributed by atoms with Crippen molar-refractivity contribution in [1.82, 2.24) is 5.32 Å². The van der Waals surface area contributed by atoms with Crippen LogP contribution in [-0.4, -0.2) is 5.91 Å². The van der Waals surface area contributed by atoms with Gasteiger partial charge in [-0.15, -0.1) is 0 Å². The Morgan fingerprint density at radius 3 is 2.76 bits per heavy atom. The van der Waals surface area contributed by atoms with Crippen molar-refractivity contribution in [2.45, 2.75) is 19.6 Å². The van der Waals surface area contributed by atoms with E-state index in [0.717, 1.165) is 22.3 Å². The first-order valence-electron chi connectivity index (χ1n) is 7.00. The second-order valence-electron chi connectivity index (χ2n) is 5.64. The Balaban J connectivity index is 2.05. The number of amides is 1. The molecule has 3 nitrogen and oxygen atoms in total. The van der Waals surface area contributed by atoms with Crippen LogP contribution < -0.4 is 5.32 Å². The first kappa shape index (κ1) is 12.2. The quantitative estimate of drug-likeness (QED) is 0.802. The van der Waals surface area contributed by atoms with Crippen molar-refractivity contribution in [1.29, 1.82) is 0 Å². The van der Waals surface area contributed by atoms with E-state index in [-0.39, 0.29) is 5.91 Å². The molecule has 0 saturated heterocycles. The number of rotatable bonds is 0. The SMILES string of the molecule is Cc1cc(C)c2c(c1)C1(NC(=O)c3ccccc31)OC=C2.